The van der Waals surface area contributed by atoms with Gasteiger partial charge in [0, 0.05) is 5.69 Å². The summed E-state index contributed by atoms with van der Waals surface area (Å²) in [5.41, 5.74) is 3.50. The van der Waals surface area contributed by atoms with Gasteiger partial charge in [-0.3, -0.25) is 33.7 Å². The van der Waals surface area contributed by atoms with Gasteiger partial charge in [0.15, 0.2) is 5.69 Å². The first-order valence-electron chi connectivity index (χ1n) is 6.83. The van der Waals surface area contributed by atoms with E-state index in [1.54, 1.807) is 29.8 Å². The third kappa shape index (κ3) is 6.40. The van der Waals surface area contributed by atoms with Crippen molar-refractivity contribution >= 4 is 11.6 Å². The molecule has 2 aromatic carbocycles. The van der Waals surface area contributed by atoms with Crippen LogP contribution < -0.4 is 5.32 Å². The van der Waals surface area contributed by atoms with Crippen molar-refractivity contribution in [3.63, 3.8) is 0 Å². The van der Waals surface area contributed by atoms with E-state index in [0.29, 0.717) is 11.4 Å². The molecule has 0 saturated carbocycles. The summed E-state index contributed by atoms with van der Waals surface area (Å²) in [5.74, 6) is -0.285. The first-order valence-corrected chi connectivity index (χ1v) is 6.83. The Morgan fingerprint density at radius 3 is 2.31 bits per heavy atom. The van der Waals surface area contributed by atoms with Crippen LogP contribution in [0.4, 0.5) is 5.69 Å². The minimum absolute atomic E-state index is 0. The van der Waals surface area contributed by atoms with E-state index in [1.807, 2.05) is 31.2 Å². The summed E-state index contributed by atoms with van der Waals surface area (Å²) in [4.78, 5) is 12.3. The average molecular weight is 796 g/mol. The molecule has 0 spiro atoms. The van der Waals surface area contributed by atoms with Gasteiger partial charge in [-0.15, -0.1) is 5.10 Å². The summed E-state index contributed by atoms with van der Waals surface area (Å²) < 4.78 is 1.57. The molecule has 0 unspecified atom stereocenters. The van der Waals surface area contributed by atoms with Crippen LogP contribution >= 0.6 is 0 Å². The van der Waals surface area contributed by atoms with Gasteiger partial charge in [-0.05, 0) is 26.0 Å². The molecule has 0 aliphatic carbocycles. The number of nitrogens with zero attached hydrogens (tertiary/aromatic N) is 3. The molecule has 0 aliphatic rings. The van der Waals surface area contributed by atoms with E-state index in [4.69, 9.17) is 0 Å². The standard InChI is InChI=1S/C17H14N4O.2CH3.2U/c1-12-8-10-14(11-9-12)18-17(22)16-13(2)21(20-19-16)15-6-4-3-5-7-15;;;;/h3-4,7-11H,1-2H3,(H,18,22);2*1H3;;/q-2;2*-1;2*+2. The largest absolute Gasteiger partial charge is 2.00 e. The van der Waals surface area contributed by atoms with Crippen molar-refractivity contribution in [1.29, 1.82) is 0 Å². The van der Waals surface area contributed by atoms with Crippen molar-refractivity contribution in [2.75, 3.05) is 5.32 Å². The normalized spacial score (nSPS) is 8.85. The van der Waals surface area contributed by atoms with Crippen molar-refractivity contribution < 1.29 is 67.0 Å². The first-order chi connectivity index (χ1) is 10.6. The van der Waals surface area contributed by atoms with Crippen molar-refractivity contribution in [1.82, 2.24) is 15.0 Å². The van der Waals surface area contributed by atoms with Crippen LogP contribution in [0.15, 0.2) is 42.5 Å². The molecule has 1 N–H and O–H groups in total. The number of aromatic nitrogens is 3. The van der Waals surface area contributed by atoms with Crippen molar-refractivity contribution in [3.8, 4) is 5.69 Å². The molecule has 0 atom stereocenters. The van der Waals surface area contributed by atoms with E-state index in [9.17, 15) is 4.79 Å². The molecule has 26 heavy (non-hydrogen) atoms. The van der Waals surface area contributed by atoms with Gasteiger partial charge >= 0.3 is 62.2 Å². The van der Waals surface area contributed by atoms with Gasteiger partial charge in [-0.2, -0.15) is 5.69 Å². The van der Waals surface area contributed by atoms with E-state index in [2.05, 4.69) is 27.8 Å². The number of hydrogen-bond donors (Lipinski definition) is 1. The number of benzene rings is 2. The Kier molecular flexibility index (Phi) is 13.2. The van der Waals surface area contributed by atoms with Gasteiger partial charge in [-0.1, -0.05) is 22.9 Å². The third-order valence-electron chi connectivity index (χ3n) is 3.28. The van der Waals surface area contributed by atoms with Crippen molar-refractivity contribution in [3.05, 3.63) is 86.4 Å². The van der Waals surface area contributed by atoms with Gasteiger partial charge < -0.3 is 26.2 Å². The molecule has 130 valence electrons. The second kappa shape index (κ2) is 12.5. The molecule has 0 bridgehead atoms. The van der Waals surface area contributed by atoms with E-state index < -0.39 is 0 Å². The quantitative estimate of drug-likeness (QED) is 0.413. The Morgan fingerprint density at radius 2 is 1.73 bits per heavy atom. The Morgan fingerprint density at radius 1 is 1.08 bits per heavy atom. The summed E-state index contributed by atoms with van der Waals surface area (Å²) in [6.07, 6.45) is 0. The second-order valence-corrected chi connectivity index (χ2v) is 4.93. The van der Waals surface area contributed by atoms with Gasteiger partial charge in [-0.25, -0.2) is 0 Å². The molecule has 3 aromatic rings. The molecule has 5 nitrogen and oxygen atoms in total. The second-order valence-electron chi connectivity index (χ2n) is 4.93. The number of anilines is 1. The van der Waals surface area contributed by atoms with Crippen LogP contribution in [0.1, 0.15) is 21.7 Å². The molecule has 0 aliphatic heterocycles. The topological polar surface area (TPSA) is 59.8 Å². The number of carbonyl (C=O) groups excluding carboxylic acids is 1. The zero-order chi connectivity index (χ0) is 15.5. The Hall–Kier alpha value is -0.846. The summed E-state index contributed by atoms with van der Waals surface area (Å²) in [6, 6.07) is 18.8. The fraction of sp³-hybridized carbons (Fsp3) is 0.105. The summed E-state index contributed by atoms with van der Waals surface area (Å²) in [7, 11) is 0. The first kappa shape index (κ1) is 27.4. The molecule has 0 saturated heterocycles. The molecule has 1 aromatic heterocycles. The van der Waals surface area contributed by atoms with Crippen LogP contribution in [0.2, 0.25) is 0 Å². The predicted molar refractivity (Wildman–Crippen MR) is 95.7 cm³/mol. The minimum Gasteiger partial charge on any atom is -0.358 e. The number of aryl methyl sites for hydroxylation is 1. The van der Waals surface area contributed by atoms with Gasteiger partial charge in [0.1, 0.15) is 0 Å². The molecule has 3 rings (SSSR count). The Labute approximate surface area is 203 Å². The third-order valence-corrected chi connectivity index (χ3v) is 3.28. The monoisotopic (exact) mass is 796 g/mol. The van der Waals surface area contributed by atoms with E-state index in [0.717, 1.165) is 11.3 Å². The SMILES string of the molecule is Cc1ccc(NC(=O)c2nnn(-c3[c-]cc[c-]c3)c2C)cc1.[CH3-].[CH3-].[U+2].[U+2]. The zero-order valence-electron chi connectivity index (χ0n) is 15.3. The van der Waals surface area contributed by atoms with Gasteiger partial charge in [0.25, 0.3) is 5.91 Å². The Bertz CT molecular complexity index is 802. The number of carbonyl (C=O) groups is 1. The maximum atomic E-state index is 12.3. The Balaban J connectivity index is 0. The number of rotatable bonds is 3. The van der Waals surface area contributed by atoms with Crippen LogP contribution in [-0.2, 0) is 0 Å². The van der Waals surface area contributed by atoms with Crippen LogP contribution in [0.5, 0.6) is 0 Å². The molecule has 1 heterocycles. The number of amides is 1. The smallest absolute Gasteiger partial charge is 0.358 e. The maximum absolute atomic E-state index is 12.3. The van der Waals surface area contributed by atoms with Crippen LogP contribution in [0.3, 0.4) is 0 Å². The van der Waals surface area contributed by atoms with Crippen LogP contribution in [0, 0.1) is 103 Å². The van der Waals surface area contributed by atoms with E-state index in [1.165, 1.54) is 0 Å². The molecule has 0 fully saturated rings. The van der Waals surface area contributed by atoms with Crippen molar-refractivity contribution in [2.24, 2.45) is 0 Å². The minimum atomic E-state index is -0.285. The van der Waals surface area contributed by atoms with E-state index in [-0.39, 0.29) is 88.7 Å². The van der Waals surface area contributed by atoms with Crippen LogP contribution in [0.25, 0.3) is 5.69 Å². The number of hydrogen-bond acceptors (Lipinski definition) is 3. The maximum Gasteiger partial charge on any atom is 2.00 e. The van der Waals surface area contributed by atoms with Gasteiger partial charge in [0.2, 0.25) is 0 Å². The summed E-state index contributed by atoms with van der Waals surface area (Å²) in [6.45, 7) is 3.79. The average Bonchev–Trinajstić information content (AvgIpc) is 2.92. The molecular formula is C19H20N4OU2. The van der Waals surface area contributed by atoms with E-state index >= 15 is 0 Å². The molecule has 0 radical (unpaired) electrons. The van der Waals surface area contributed by atoms with Crippen molar-refractivity contribution in [2.45, 2.75) is 13.8 Å². The molecular weight excluding hydrogens is 776 g/mol. The van der Waals surface area contributed by atoms with Gasteiger partial charge in [0.05, 0.1) is 5.69 Å². The molecule has 7 heteroatoms. The van der Waals surface area contributed by atoms with Crippen LogP contribution in [-0.4, -0.2) is 20.9 Å². The fourth-order valence-corrected chi connectivity index (χ4v) is 2.06. The summed E-state index contributed by atoms with van der Waals surface area (Å²) in [5, 5.41) is 10.8. The number of nitrogens with one attached hydrogen (secondary N) is 1. The summed E-state index contributed by atoms with van der Waals surface area (Å²) >= 11 is 0. The molecule has 1 amide bonds. The fourth-order valence-electron chi connectivity index (χ4n) is 2.06. The predicted octanol–water partition coefficient (Wildman–Crippen LogP) is 3.64. The zero-order valence-corrected chi connectivity index (χ0v) is 23.6.